The number of hydrogen-bond donors (Lipinski definition) is 2. The molecule has 116 valence electrons. The van der Waals surface area contributed by atoms with Crippen LogP contribution in [-0.2, 0) is 4.79 Å². The van der Waals surface area contributed by atoms with E-state index in [4.69, 9.17) is 21.1 Å². The second kappa shape index (κ2) is 7.52. The van der Waals surface area contributed by atoms with Crippen molar-refractivity contribution in [2.75, 3.05) is 26.1 Å². The molecule has 0 bridgehead atoms. The number of halogens is 1. The van der Waals surface area contributed by atoms with Crippen LogP contribution in [0.15, 0.2) is 12.1 Å². The maximum absolute atomic E-state index is 12.0. The molecule has 0 unspecified atom stereocenters. The molecule has 1 aromatic rings. The van der Waals surface area contributed by atoms with Crippen LogP contribution < -0.4 is 20.1 Å². The number of rotatable bonds is 6. The van der Waals surface area contributed by atoms with E-state index < -0.39 is 0 Å². The monoisotopic (exact) mass is 312 g/mol. The number of hydrogen-bond acceptors (Lipinski definition) is 4. The minimum absolute atomic E-state index is 0.115. The van der Waals surface area contributed by atoms with E-state index in [0.29, 0.717) is 28.3 Å². The third kappa shape index (κ3) is 4.25. The van der Waals surface area contributed by atoms with Crippen molar-refractivity contribution in [3.05, 3.63) is 17.2 Å². The molecule has 0 aliphatic heterocycles. The van der Waals surface area contributed by atoms with Gasteiger partial charge in [0.15, 0.2) is 11.5 Å². The number of amides is 1. The molecule has 1 aliphatic carbocycles. The molecule has 0 radical (unpaired) electrons. The van der Waals surface area contributed by atoms with Gasteiger partial charge in [0.25, 0.3) is 0 Å². The Kier molecular flexibility index (Phi) is 5.70. The number of ether oxygens (including phenoxy) is 2. The SMILES string of the molecule is COc1cc(Cl)c(NC(=O)CNC2CCCC2)cc1OC. The van der Waals surface area contributed by atoms with Gasteiger partial charge in [-0.3, -0.25) is 4.79 Å². The van der Waals surface area contributed by atoms with Crippen molar-refractivity contribution >= 4 is 23.2 Å². The average Bonchev–Trinajstić information content (AvgIpc) is 3.00. The number of benzene rings is 1. The molecule has 0 spiro atoms. The molecule has 6 heteroatoms. The first-order chi connectivity index (χ1) is 10.1. The molecule has 1 fully saturated rings. The van der Waals surface area contributed by atoms with E-state index in [0.717, 1.165) is 12.8 Å². The summed E-state index contributed by atoms with van der Waals surface area (Å²) in [7, 11) is 3.08. The van der Waals surface area contributed by atoms with E-state index in [1.54, 1.807) is 19.2 Å². The zero-order valence-electron chi connectivity index (χ0n) is 12.4. The van der Waals surface area contributed by atoms with Gasteiger partial charge in [-0.05, 0) is 12.8 Å². The Bertz CT molecular complexity index is 502. The Morgan fingerprint density at radius 3 is 2.48 bits per heavy atom. The van der Waals surface area contributed by atoms with Crippen molar-refractivity contribution in [2.45, 2.75) is 31.7 Å². The van der Waals surface area contributed by atoms with E-state index in [1.807, 2.05) is 0 Å². The zero-order chi connectivity index (χ0) is 15.2. The number of anilines is 1. The molecule has 1 aliphatic rings. The van der Waals surface area contributed by atoms with Gasteiger partial charge in [0.2, 0.25) is 5.91 Å². The van der Waals surface area contributed by atoms with E-state index in [1.165, 1.54) is 20.0 Å². The lowest BCUT2D eigenvalue weighted by Crippen LogP contribution is -2.34. The van der Waals surface area contributed by atoms with Gasteiger partial charge in [-0.2, -0.15) is 0 Å². The standard InChI is InChI=1S/C15H21ClN2O3/c1-20-13-7-11(16)12(8-14(13)21-2)18-15(19)9-17-10-5-3-4-6-10/h7-8,10,17H,3-6,9H2,1-2H3,(H,18,19). The summed E-state index contributed by atoms with van der Waals surface area (Å²) in [4.78, 5) is 12.0. The molecule has 0 atom stereocenters. The Morgan fingerprint density at radius 1 is 1.24 bits per heavy atom. The molecule has 21 heavy (non-hydrogen) atoms. The molecule has 1 aromatic carbocycles. The molecule has 1 saturated carbocycles. The summed E-state index contributed by atoms with van der Waals surface area (Å²) in [6.07, 6.45) is 4.76. The second-order valence-electron chi connectivity index (χ2n) is 5.10. The molecule has 0 aromatic heterocycles. The molecule has 0 saturated heterocycles. The van der Waals surface area contributed by atoms with Gasteiger partial charge in [0, 0.05) is 18.2 Å². The highest BCUT2D eigenvalue weighted by Crippen LogP contribution is 2.35. The maximum Gasteiger partial charge on any atom is 0.238 e. The van der Waals surface area contributed by atoms with Gasteiger partial charge in [-0.1, -0.05) is 24.4 Å². The smallest absolute Gasteiger partial charge is 0.238 e. The Morgan fingerprint density at radius 2 is 1.86 bits per heavy atom. The third-order valence-corrected chi connectivity index (χ3v) is 3.97. The molecular formula is C15H21ClN2O3. The van der Waals surface area contributed by atoms with Crippen LogP contribution in [0.4, 0.5) is 5.69 Å². The minimum Gasteiger partial charge on any atom is -0.493 e. The van der Waals surface area contributed by atoms with Gasteiger partial charge in [0.1, 0.15) is 0 Å². The van der Waals surface area contributed by atoms with Crippen LogP contribution in [0.3, 0.4) is 0 Å². The quantitative estimate of drug-likeness (QED) is 0.848. The van der Waals surface area contributed by atoms with Crippen molar-refractivity contribution in [2.24, 2.45) is 0 Å². The number of carbonyl (C=O) groups is 1. The van der Waals surface area contributed by atoms with Crippen molar-refractivity contribution < 1.29 is 14.3 Å². The first-order valence-electron chi connectivity index (χ1n) is 7.08. The fourth-order valence-corrected chi connectivity index (χ4v) is 2.71. The number of carbonyl (C=O) groups excluding carboxylic acids is 1. The van der Waals surface area contributed by atoms with Crippen LogP contribution in [0, 0.1) is 0 Å². The Balaban J connectivity index is 1.96. The predicted octanol–water partition coefficient (Wildman–Crippen LogP) is 2.83. The van der Waals surface area contributed by atoms with Crippen molar-refractivity contribution in [1.82, 2.24) is 5.32 Å². The first-order valence-corrected chi connectivity index (χ1v) is 7.46. The molecule has 0 heterocycles. The van der Waals surface area contributed by atoms with Crippen molar-refractivity contribution in [3.63, 3.8) is 0 Å². The summed E-state index contributed by atoms with van der Waals surface area (Å²) < 4.78 is 10.4. The summed E-state index contributed by atoms with van der Waals surface area (Å²) in [5.41, 5.74) is 0.521. The lowest BCUT2D eigenvalue weighted by atomic mass is 10.2. The first kappa shape index (κ1) is 15.9. The van der Waals surface area contributed by atoms with Crippen molar-refractivity contribution in [3.8, 4) is 11.5 Å². The molecule has 5 nitrogen and oxygen atoms in total. The van der Waals surface area contributed by atoms with Crippen LogP contribution in [0.2, 0.25) is 5.02 Å². The van der Waals surface area contributed by atoms with Crippen LogP contribution >= 0.6 is 11.6 Å². The van der Waals surface area contributed by atoms with Gasteiger partial charge in [-0.15, -0.1) is 0 Å². The largest absolute Gasteiger partial charge is 0.493 e. The number of nitrogens with one attached hydrogen (secondary N) is 2. The van der Waals surface area contributed by atoms with Gasteiger partial charge < -0.3 is 20.1 Å². The maximum atomic E-state index is 12.0. The van der Waals surface area contributed by atoms with Gasteiger partial charge >= 0.3 is 0 Å². The highest BCUT2D eigenvalue weighted by molar-refractivity contribution is 6.34. The third-order valence-electron chi connectivity index (χ3n) is 3.65. The summed E-state index contributed by atoms with van der Waals surface area (Å²) in [6.45, 7) is 0.287. The second-order valence-corrected chi connectivity index (χ2v) is 5.50. The lowest BCUT2D eigenvalue weighted by molar-refractivity contribution is -0.115. The van der Waals surface area contributed by atoms with Crippen LogP contribution in [-0.4, -0.2) is 32.7 Å². The Labute approximate surface area is 130 Å². The normalized spacial score (nSPS) is 15.0. The lowest BCUT2D eigenvalue weighted by Gasteiger charge is -2.14. The van der Waals surface area contributed by atoms with Crippen molar-refractivity contribution in [1.29, 1.82) is 0 Å². The average molecular weight is 313 g/mol. The summed E-state index contributed by atoms with van der Waals surface area (Å²) >= 11 is 6.14. The van der Waals surface area contributed by atoms with Gasteiger partial charge in [0.05, 0.1) is 31.5 Å². The predicted molar refractivity (Wildman–Crippen MR) is 83.4 cm³/mol. The van der Waals surface area contributed by atoms with Crippen LogP contribution in [0.25, 0.3) is 0 Å². The van der Waals surface area contributed by atoms with E-state index in [-0.39, 0.29) is 12.5 Å². The van der Waals surface area contributed by atoms with E-state index >= 15 is 0 Å². The van der Waals surface area contributed by atoms with E-state index in [2.05, 4.69) is 10.6 Å². The van der Waals surface area contributed by atoms with Gasteiger partial charge in [-0.25, -0.2) is 0 Å². The Hall–Kier alpha value is -1.46. The number of methoxy groups -OCH3 is 2. The van der Waals surface area contributed by atoms with Crippen LogP contribution in [0.5, 0.6) is 11.5 Å². The highest BCUT2D eigenvalue weighted by atomic mass is 35.5. The molecular weight excluding hydrogens is 292 g/mol. The molecule has 1 amide bonds. The molecule has 2 rings (SSSR count). The summed E-state index contributed by atoms with van der Waals surface area (Å²) in [6, 6.07) is 3.74. The fraction of sp³-hybridized carbons (Fsp3) is 0.533. The van der Waals surface area contributed by atoms with E-state index in [9.17, 15) is 4.79 Å². The fourth-order valence-electron chi connectivity index (χ4n) is 2.51. The summed E-state index contributed by atoms with van der Waals surface area (Å²) in [5, 5.41) is 6.47. The molecule has 2 N–H and O–H groups in total. The zero-order valence-corrected chi connectivity index (χ0v) is 13.1. The highest BCUT2D eigenvalue weighted by Gasteiger charge is 2.16. The topological polar surface area (TPSA) is 59.6 Å². The summed E-state index contributed by atoms with van der Waals surface area (Å²) in [5.74, 6) is 0.946. The minimum atomic E-state index is -0.115. The van der Waals surface area contributed by atoms with Crippen LogP contribution in [0.1, 0.15) is 25.7 Å².